The van der Waals surface area contributed by atoms with Crippen molar-refractivity contribution >= 4 is 16.9 Å². The predicted molar refractivity (Wildman–Crippen MR) is 59.3 cm³/mol. The van der Waals surface area contributed by atoms with E-state index in [1.165, 1.54) is 0 Å². The Hall–Kier alpha value is -2.01. The zero-order valence-corrected chi connectivity index (χ0v) is 8.47. The van der Waals surface area contributed by atoms with Crippen molar-refractivity contribution in [1.29, 1.82) is 0 Å². The monoisotopic (exact) mass is 220 g/mol. The van der Waals surface area contributed by atoms with Crippen molar-refractivity contribution in [3.63, 3.8) is 0 Å². The maximum Gasteiger partial charge on any atom is 0.320 e. The highest BCUT2D eigenvalue weighted by atomic mass is 16.4. The molecule has 1 aromatic heterocycles. The van der Waals surface area contributed by atoms with E-state index in [-0.39, 0.29) is 12.2 Å². The van der Waals surface area contributed by atoms with Gasteiger partial charge in [-0.3, -0.25) is 4.79 Å². The minimum atomic E-state index is -1.05. The summed E-state index contributed by atoms with van der Waals surface area (Å²) in [6, 6.07) is 4.13. The lowest BCUT2D eigenvalue weighted by atomic mass is 10.1. The molecule has 1 unspecified atom stereocenters. The minimum Gasteiger partial charge on any atom is -0.507 e. The molecule has 16 heavy (non-hydrogen) atoms. The van der Waals surface area contributed by atoms with Crippen molar-refractivity contribution in [1.82, 2.24) is 4.98 Å². The van der Waals surface area contributed by atoms with Crippen LogP contribution in [0.1, 0.15) is 5.56 Å². The van der Waals surface area contributed by atoms with Gasteiger partial charge in [0.25, 0.3) is 0 Å². The Bertz CT molecular complexity index is 533. The number of hydrogen-bond donors (Lipinski definition) is 4. The number of fused-ring (bicyclic) bond motifs is 1. The fourth-order valence-corrected chi connectivity index (χ4v) is 1.72. The number of hydrogen-bond acceptors (Lipinski definition) is 3. The summed E-state index contributed by atoms with van der Waals surface area (Å²) in [5.74, 6) is -0.920. The Morgan fingerprint density at radius 1 is 1.50 bits per heavy atom. The lowest BCUT2D eigenvalue weighted by Gasteiger charge is -2.05. The number of benzene rings is 1. The number of carbonyl (C=O) groups is 1. The maximum absolute atomic E-state index is 10.6. The lowest BCUT2D eigenvalue weighted by Crippen LogP contribution is -2.32. The van der Waals surface area contributed by atoms with Crippen molar-refractivity contribution in [2.75, 3.05) is 0 Å². The molecular formula is C11H12N2O3. The van der Waals surface area contributed by atoms with E-state index in [1.54, 1.807) is 18.3 Å². The molecule has 0 spiro atoms. The molecule has 1 atom stereocenters. The van der Waals surface area contributed by atoms with E-state index in [2.05, 4.69) is 4.98 Å². The molecule has 5 heteroatoms. The highest BCUT2D eigenvalue weighted by Crippen LogP contribution is 2.28. The molecule has 0 bridgehead atoms. The molecule has 1 aromatic carbocycles. The number of aromatic amines is 1. The van der Waals surface area contributed by atoms with Crippen LogP contribution in [0.4, 0.5) is 0 Å². The van der Waals surface area contributed by atoms with Crippen LogP contribution in [-0.4, -0.2) is 27.2 Å². The van der Waals surface area contributed by atoms with Crippen LogP contribution in [0.5, 0.6) is 5.75 Å². The Morgan fingerprint density at radius 3 is 2.94 bits per heavy atom. The van der Waals surface area contributed by atoms with Gasteiger partial charge in [-0.1, -0.05) is 6.07 Å². The van der Waals surface area contributed by atoms with Gasteiger partial charge in [-0.15, -0.1) is 0 Å². The molecule has 0 aliphatic rings. The Kier molecular flexibility index (Phi) is 2.54. The molecule has 5 nitrogen and oxygen atoms in total. The van der Waals surface area contributed by atoms with Crippen molar-refractivity contribution in [3.05, 3.63) is 30.0 Å². The SMILES string of the molecule is NC(Cc1c[nH]c2cccc(O)c12)C(=O)O. The van der Waals surface area contributed by atoms with Crippen LogP contribution >= 0.6 is 0 Å². The average molecular weight is 220 g/mol. The van der Waals surface area contributed by atoms with Crippen LogP contribution in [-0.2, 0) is 11.2 Å². The summed E-state index contributed by atoms with van der Waals surface area (Å²) in [6.45, 7) is 0. The summed E-state index contributed by atoms with van der Waals surface area (Å²) in [5, 5.41) is 19.0. The molecule has 0 saturated heterocycles. The van der Waals surface area contributed by atoms with Crippen LogP contribution < -0.4 is 5.73 Å². The fourth-order valence-electron chi connectivity index (χ4n) is 1.72. The number of nitrogens with two attached hydrogens (primary N) is 1. The van der Waals surface area contributed by atoms with E-state index in [4.69, 9.17) is 10.8 Å². The number of rotatable bonds is 3. The first-order valence-electron chi connectivity index (χ1n) is 4.86. The summed E-state index contributed by atoms with van der Waals surface area (Å²) < 4.78 is 0. The summed E-state index contributed by atoms with van der Waals surface area (Å²) in [4.78, 5) is 13.6. The quantitative estimate of drug-likeness (QED) is 0.615. The normalized spacial score (nSPS) is 12.8. The van der Waals surface area contributed by atoms with E-state index >= 15 is 0 Å². The van der Waals surface area contributed by atoms with Crippen LogP contribution in [0.15, 0.2) is 24.4 Å². The topological polar surface area (TPSA) is 99.3 Å². The van der Waals surface area contributed by atoms with Gasteiger partial charge in [0, 0.05) is 23.5 Å². The van der Waals surface area contributed by atoms with E-state index in [9.17, 15) is 9.90 Å². The summed E-state index contributed by atoms with van der Waals surface area (Å²) >= 11 is 0. The van der Waals surface area contributed by atoms with E-state index in [1.807, 2.05) is 6.07 Å². The highest BCUT2D eigenvalue weighted by Gasteiger charge is 2.16. The molecule has 0 radical (unpaired) electrons. The van der Waals surface area contributed by atoms with Gasteiger partial charge >= 0.3 is 5.97 Å². The van der Waals surface area contributed by atoms with Gasteiger partial charge in [-0.05, 0) is 17.7 Å². The minimum absolute atomic E-state index is 0.131. The lowest BCUT2D eigenvalue weighted by molar-refractivity contribution is -0.138. The zero-order chi connectivity index (χ0) is 11.7. The Morgan fingerprint density at radius 2 is 2.25 bits per heavy atom. The van der Waals surface area contributed by atoms with Crippen LogP contribution in [0.2, 0.25) is 0 Å². The third kappa shape index (κ3) is 1.72. The standard InChI is InChI=1S/C11H12N2O3/c12-7(11(15)16)4-6-5-13-8-2-1-3-9(14)10(6)8/h1-3,5,7,13-14H,4,12H2,(H,15,16). The van der Waals surface area contributed by atoms with E-state index in [0.29, 0.717) is 10.9 Å². The number of H-pyrrole nitrogens is 1. The average Bonchev–Trinajstić information content (AvgIpc) is 2.63. The second kappa shape index (κ2) is 3.86. The van der Waals surface area contributed by atoms with Crippen LogP contribution in [0.3, 0.4) is 0 Å². The molecule has 0 aliphatic carbocycles. The molecular weight excluding hydrogens is 208 g/mol. The Labute approximate surface area is 91.5 Å². The van der Waals surface area contributed by atoms with Crippen molar-refractivity contribution in [3.8, 4) is 5.75 Å². The first-order chi connectivity index (χ1) is 7.59. The number of aromatic nitrogens is 1. The first-order valence-corrected chi connectivity index (χ1v) is 4.86. The largest absolute Gasteiger partial charge is 0.507 e. The second-order valence-corrected chi connectivity index (χ2v) is 3.66. The number of aromatic hydroxyl groups is 1. The van der Waals surface area contributed by atoms with Crippen molar-refractivity contribution in [2.24, 2.45) is 5.73 Å². The summed E-state index contributed by atoms with van der Waals surface area (Å²) in [6.07, 6.45) is 1.86. The third-order valence-corrected chi connectivity index (χ3v) is 2.52. The molecule has 2 aromatic rings. The number of nitrogens with one attached hydrogen (secondary N) is 1. The number of carboxylic acids is 1. The smallest absolute Gasteiger partial charge is 0.320 e. The number of phenols is 1. The molecule has 0 amide bonds. The maximum atomic E-state index is 10.6. The van der Waals surface area contributed by atoms with E-state index < -0.39 is 12.0 Å². The molecule has 2 rings (SSSR count). The number of phenolic OH excluding ortho intramolecular Hbond substituents is 1. The number of aliphatic carboxylic acids is 1. The fraction of sp³-hybridized carbons (Fsp3) is 0.182. The molecule has 0 aliphatic heterocycles. The van der Waals surface area contributed by atoms with Gasteiger partial charge in [0.05, 0.1) is 0 Å². The molecule has 5 N–H and O–H groups in total. The van der Waals surface area contributed by atoms with Crippen LogP contribution in [0.25, 0.3) is 10.9 Å². The van der Waals surface area contributed by atoms with Crippen LogP contribution in [0, 0.1) is 0 Å². The van der Waals surface area contributed by atoms with Gasteiger partial charge in [0.15, 0.2) is 0 Å². The van der Waals surface area contributed by atoms with Gasteiger partial charge in [-0.25, -0.2) is 0 Å². The van der Waals surface area contributed by atoms with Gasteiger partial charge < -0.3 is 20.9 Å². The second-order valence-electron chi connectivity index (χ2n) is 3.66. The van der Waals surface area contributed by atoms with E-state index in [0.717, 1.165) is 5.52 Å². The summed E-state index contributed by atoms with van der Waals surface area (Å²) in [5.41, 5.74) is 6.94. The van der Waals surface area contributed by atoms with Crippen molar-refractivity contribution < 1.29 is 15.0 Å². The predicted octanol–water partition coefficient (Wildman–Crippen LogP) is 0.828. The Balaban J connectivity index is 2.42. The highest BCUT2D eigenvalue weighted by molar-refractivity contribution is 5.89. The van der Waals surface area contributed by atoms with Crippen molar-refractivity contribution in [2.45, 2.75) is 12.5 Å². The number of carboxylic acid groups (broad SMARTS) is 1. The summed E-state index contributed by atoms with van der Waals surface area (Å²) in [7, 11) is 0. The third-order valence-electron chi connectivity index (χ3n) is 2.52. The van der Waals surface area contributed by atoms with Gasteiger partial charge in [0.1, 0.15) is 11.8 Å². The first kappa shape index (κ1) is 10.5. The molecule has 0 saturated carbocycles. The molecule has 84 valence electrons. The molecule has 1 heterocycles. The molecule has 0 fully saturated rings. The van der Waals surface area contributed by atoms with Gasteiger partial charge in [-0.2, -0.15) is 0 Å². The zero-order valence-electron chi connectivity index (χ0n) is 8.47. The van der Waals surface area contributed by atoms with Gasteiger partial charge in [0.2, 0.25) is 0 Å².